The lowest BCUT2D eigenvalue weighted by atomic mass is 9.95. The van der Waals surface area contributed by atoms with Gasteiger partial charge < -0.3 is 5.73 Å². The summed E-state index contributed by atoms with van der Waals surface area (Å²) in [6.45, 7) is 4.33. The van der Waals surface area contributed by atoms with Crippen molar-refractivity contribution >= 4 is 0 Å². The van der Waals surface area contributed by atoms with Crippen LogP contribution in [0.2, 0.25) is 0 Å². The molecule has 0 heterocycles. The Bertz CT molecular complexity index is 502. The second-order valence-corrected chi connectivity index (χ2v) is 5.01. The molecule has 2 N–H and O–H groups in total. The lowest BCUT2D eigenvalue weighted by Crippen LogP contribution is -2.25. The molecule has 0 saturated heterocycles. The van der Waals surface area contributed by atoms with Gasteiger partial charge in [-0.15, -0.1) is 0 Å². The molecule has 1 nitrogen and oxygen atoms in total. The Morgan fingerprint density at radius 2 is 1.61 bits per heavy atom. The van der Waals surface area contributed by atoms with Gasteiger partial charge in [-0.25, -0.2) is 0 Å². The Labute approximate surface area is 110 Å². The molecule has 0 aliphatic heterocycles. The van der Waals surface area contributed by atoms with E-state index in [9.17, 15) is 0 Å². The van der Waals surface area contributed by atoms with Gasteiger partial charge in [0.2, 0.25) is 0 Å². The van der Waals surface area contributed by atoms with Crippen molar-refractivity contribution in [2.24, 2.45) is 5.73 Å². The van der Waals surface area contributed by atoms with Crippen molar-refractivity contribution in [2.75, 3.05) is 0 Å². The summed E-state index contributed by atoms with van der Waals surface area (Å²) in [6, 6.07) is 17.1. The van der Waals surface area contributed by atoms with E-state index in [2.05, 4.69) is 56.3 Å². The van der Waals surface area contributed by atoms with Crippen molar-refractivity contribution in [3.05, 3.63) is 70.8 Å². The molecule has 1 atom stereocenters. The summed E-state index contributed by atoms with van der Waals surface area (Å²) < 4.78 is 0. The van der Waals surface area contributed by atoms with E-state index in [4.69, 9.17) is 5.73 Å². The number of nitrogens with two attached hydrogens (primary N) is 1. The smallest absolute Gasteiger partial charge is 0.0120 e. The summed E-state index contributed by atoms with van der Waals surface area (Å²) in [7, 11) is 0. The lowest BCUT2D eigenvalue weighted by Gasteiger charge is -2.14. The first kappa shape index (κ1) is 12.8. The number of benzene rings is 2. The first-order chi connectivity index (χ1) is 8.66. The molecular formula is C17H21N. The quantitative estimate of drug-likeness (QED) is 0.869. The molecule has 0 spiro atoms. The molecule has 1 heteroatoms. The van der Waals surface area contributed by atoms with Gasteiger partial charge in [0.25, 0.3) is 0 Å². The van der Waals surface area contributed by atoms with E-state index in [0.29, 0.717) is 0 Å². The molecular weight excluding hydrogens is 218 g/mol. The minimum atomic E-state index is 0.188. The molecule has 0 aliphatic rings. The van der Waals surface area contributed by atoms with Gasteiger partial charge in [0, 0.05) is 6.04 Å². The van der Waals surface area contributed by atoms with Crippen molar-refractivity contribution in [1.29, 1.82) is 0 Å². The highest BCUT2D eigenvalue weighted by molar-refractivity contribution is 5.33. The zero-order valence-corrected chi connectivity index (χ0v) is 11.2. The maximum absolute atomic E-state index is 6.26. The average Bonchev–Trinajstić information content (AvgIpc) is 2.36. The maximum atomic E-state index is 6.26. The maximum Gasteiger partial charge on any atom is 0.0120 e. The summed E-state index contributed by atoms with van der Waals surface area (Å²) >= 11 is 0. The SMILES string of the molecule is Cc1cccc(CC(N)Cc2ccccc2)c1C. The Morgan fingerprint density at radius 1 is 0.889 bits per heavy atom. The largest absolute Gasteiger partial charge is 0.327 e. The summed E-state index contributed by atoms with van der Waals surface area (Å²) in [5, 5.41) is 0. The highest BCUT2D eigenvalue weighted by Crippen LogP contribution is 2.15. The van der Waals surface area contributed by atoms with E-state index in [0.717, 1.165) is 12.8 Å². The van der Waals surface area contributed by atoms with Crippen molar-refractivity contribution in [2.45, 2.75) is 32.7 Å². The Balaban J connectivity index is 2.03. The van der Waals surface area contributed by atoms with Crippen LogP contribution < -0.4 is 5.73 Å². The third-order valence-corrected chi connectivity index (χ3v) is 3.54. The van der Waals surface area contributed by atoms with Gasteiger partial charge in [0.1, 0.15) is 0 Å². The number of hydrogen-bond donors (Lipinski definition) is 1. The van der Waals surface area contributed by atoms with Crippen LogP contribution in [0.15, 0.2) is 48.5 Å². The summed E-state index contributed by atoms with van der Waals surface area (Å²) in [5.41, 5.74) is 11.7. The molecule has 0 saturated carbocycles. The monoisotopic (exact) mass is 239 g/mol. The van der Waals surface area contributed by atoms with Gasteiger partial charge in [0.15, 0.2) is 0 Å². The lowest BCUT2D eigenvalue weighted by molar-refractivity contribution is 0.662. The molecule has 2 aromatic rings. The molecule has 94 valence electrons. The van der Waals surface area contributed by atoms with Crippen LogP contribution in [0.4, 0.5) is 0 Å². The predicted octanol–water partition coefficient (Wildman–Crippen LogP) is 3.42. The van der Waals surface area contributed by atoms with Gasteiger partial charge in [-0.2, -0.15) is 0 Å². The van der Waals surface area contributed by atoms with Crippen molar-refractivity contribution < 1.29 is 0 Å². The fourth-order valence-electron chi connectivity index (χ4n) is 2.30. The summed E-state index contributed by atoms with van der Waals surface area (Å²) in [5.74, 6) is 0. The zero-order valence-electron chi connectivity index (χ0n) is 11.2. The molecule has 18 heavy (non-hydrogen) atoms. The molecule has 0 bridgehead atoms. The number of aryl methyl sites for hydroxylation is 1. The van der Waals surface area contributed by atoms with Crippen molar-refractivity contribution in [3.8, 4) is 0 Å². The van der Waals surface area contributed by atoms with Crippen LogP contribution in [0, 0.1) is 13.8 Å². The Hall–Kier alpha value is -1.60. The molecule has 0 amide bonds. The number of hydrogen-bond acceptors (Lipinski definition) is 1. The minimum absolute atomic E-state index is 0.188. The van der Waals surface area contributed by atoms with Crippen LogP contribution in [0.1, 0.15) is 22.3 Å². The Kier molecular flexibility index (Phi) is 4.16. The van der Waals surface area contributed by atoms with Crippen LogP contribution in [0.3, 0.4) is 0 Å². The van der Waals surface area contributed by atoms with Crippen LogP contribution in [0.25, 0.3) is 0 Å². The topological polar surface area (TPSA) is 26.0 Å². The minimum Gasteiger partial charge on any atom is -0.327 e. The van der Waals surface area contributed by atoms with E-state index in [1.54, 1.807) is 0 Å². The van der Waals surface area contributed by atoms with Gasteiger partial charge >= 0.3 is 0 Å². The third kappa shape index (κ3) is 3.21. The standard InChI is InChI=1S/C17H21N/c1-13-7-6-10-16(14(13)2)12-17(18)11-15-8-4-3-5-9-15/h3-10,17H,11-12,18H2,1-2H3. The van der Waals surface area contributed by atoms with Crippen LogP contribution >= 0.6 is 0 Å². The van der Waals surface area contributed by atoms with E-state index < -0.39 is 0 Å². The molecule has 0 aromatic heterocycles. The molecule has 0 radical (unpaired) electrons. The molecule has 2 aromatic carbocycles. The predicted molar refractivity (Wildman–Crippen MR) is 77.7 cm³/mol. The van der Waals surface area contributed by atoms with Gasteiger partial charge in [0.05, 0.1) is 0 Å². The summed E-state index contributed by atoms with van der Waals surface area (Å²) in [6.07, 6.45) is 1.89. The van der Waals surface area contributed by atoms with E-state index in [-0.39, 0.29) is 6.04 Å². The first-order valence-corrected chi connectivity index (χ1v) is 6.51. The fraction of sp³-hybridized carbons (Fsp3) is 0.294. The molecule has 0 aliphatic carbocycles. The fourth-order valence-corrected chi connectivity index (χ4v) is 2.30. The van der Waals surface area contributed by atoms with Crippen LogP contribution in [0.5, 0.6) is 0 Å². The van der Waals surface area contributed by atoms with Gasteiger partial charge in [-0.05, 0) is 48.9 Å². The summed E-state index contributed by atoms with van der Waals surface area (Å²) in [4.78, 5) is 0. The van der Waals surface area contributed by atoms with Crippen LogP contribution in [-0.4, -0.2) is 6.04 Å². The molecule has 2 rings (SSSR count). The van der Waals surface area contributed by atoms with E-state index in [1.807, 2.05) is 6.07 Å². The normalized spacial score (nSPS) is 12.4. The van der Waals surface area contributed by atoms with Gasteiger partial charge in [-0.1, -0.05) is 48.5 Å². The van der Waals surface area contributed by atoms with Crippen molar-refractivity contribution in [1.82, 2.24) is 0 Å². The third-order valence-electron chi connectivity index (χ3n) is 3.54. The molecule has 1 unspecified atom stereocenters. The first-order valence-electron chi connectivity index (χ1n) is 6.51. The highest BCUT2D eigenvalue weighted by atomic mass is 14.6. The van der Waals surface area contributed by atoms with Crippen LogP contribution in [-0.2, 0) is 12.8 Å². The Morgan fingerprint density at radius 3 is 2.33 bits per heavy atom. The average molecular weight is 239 g/mol. The molecule has 0 fully saturated rings. The zero-order chi connectivity index (χ0) is 13.0. The van der Waals surface area contributed by atoms with Gasteiger partial charge in [-0.3, -0.25) is 0 Å². The van der Waals surface area contributed by atoms with E-state index >= 15 is 0 Å². The highest BCUT2D eigenvalue weighted by Gasteiger charge is 2.08. The second-order valence-electron chi connectivity index (χ2n) is 5.01. The second kappa shape index (κ2) is 5.83. The van der Waals surface area contributed by atoms with E-state index in [1.165, 1.54) is 22.3 Å². The van der Waals surface area contributed by atoms with Crippen molar-refractivity contribution in [3.63, 3.8) is 0 Å². The number of rotatable bonds is 4.